The number of H-pyrrole nitrogens is 1. The third kappa shape index (κ3) is 4.11. The molecule has 0 bridgehead atoms. The van der Waals surface area contributed by atoms with Crippen LogP contribution < -0.4 is 11.1 Å². The number of nitrogens with one attached hydrogen (secondary N) is 2. The molecule has 0 aliphatic carbocycles. The summed E-state index contributed by atoms with van der Waals surface area (Å²) < 4.78 is 0. The smallest absolute Gasteiger partial charge is 0.203 e. The molecule has 0 aliphatic heterocycles. The summed E-state index contributed by atoms with van der Waals surface area (Å²) in [6.45, 7) is 1.68. The maximum Gasteiger partial charge on any atom is 0.203 e. The van der Waals surface area contributed by atoms with Crippen LogP contribution in [0.3, 0.4) is 0 Å². The van der Waals surface area contributed by atoms with Crippen molar-refractivity contribution < 1.29 is 0 Å². The summed E-state index contributed by atoms with van der Waals surface area (Å²) >= 11 is 0. The topological polar surface area (TPSA) is 92.5 Å². The summed E-state index contributed by atoms with van der Waals surface area (Å²) in [5.41, 5.74) is 11.0. The van der Waals surface area contributed by atoms with E-state index >= 15 is 0 Å². The molecule has 5 aromatic rings. The molecule has 154 valence electrons. The van der Waals surface area contributed by atoms with Crippen LogP contribution in [0.2, 0.25) is 0 Å². The molecule has 0 aliphatic rings. The number of rotatable bonds is 7. The predicted octanol–water partition coefficient (Wildman–Crippen LogP) is 4.40. The molecule has 3 aromatic carbocycles. The highest BCUT2D eigenvalue weighted by atomic mass is 15.3. The third-order valence-electron chi connectivity index (χ3n) is 5.67. The fourth-order valence-corrected chi connectivity index (χ4v) is 4.16. The first-order valence-corrected chi connectivity index (χ1v) is 10.5. The maximum absolute atomic E-state index is 6.07. The minimum Gasteiger partial charge on any atom is -0.384 e. The Balaban J connectivity index is 1.35. The van der Waals surface area contributed by atoms with Gasteiger partial charge in [-0.3, -0.25) is 0 Å². The molecule has 5 rings (SSSR count). The van der Waals surface area contributed by atoms with Crippen LogP contribution in [-0.2, 0) is 6.54 Å². The lowest BCUT2D eigenvalue weighted by Gasteiger charge is -2.19. The number of nitrogen functional groups attached to an aromatic ring is 1. The number of nitrogens with zero attached hydrogens (tertiary/aromatic N) is 3. The summed E-state index contributed by atoms with van der Waals surface area (Å²) in [5, 5.41) is 17.3. The van der Waals surface area contributed by atoms with Gasteiger partial charge in [-0.05, 0) is 52.6 Å². The van der Waals surface area contributed by atoms with E-state index in [9.17, 15) is 0 Å². The Morgan fingerprint density at radius 1 is 0.871 bits per heavy atom. The first-order valence-electron chi connectivity index (χ1n) is 10.5. The summed E-state index contributed by atoms with van der Waals surface area (Å²) in [6, 6.07) is 27.4. The molecule has 1 unspecified atom stereocenters. The highest BCUT2D eigenvalue weighted by Crippen LogP contribution is 2.32. The first-order chi connectivity index (χ1) is 15.3. The van der Waals surface area contributed by atoms with E-state index in [0.29, 0.717) is 11.5 Å². The van der Waals surface area contributed by atoms with Crippen molar-refractivity contribution in [1.29, 1.82) is 0 Å². The monoisotopic (exact) mass is 408 g/mol. The van der Waals surface area contributed by atoms with Crippen molar-refractivity contribution in [3.63, 3.8) is 0 Å². The molecule has 6 nitrogen and oxygen atoms in total. The second-order valence-corrected chi connectivity index (χ2v) is 7.74. The van der Waals surface area contributed by atoms with Crippen molar-refractivity contribution in [1.82, 2.24) is 25.7 Å². The van der Waals surface area contributed by atoms with E-state index < -0.39 is 0 Å². The van der Waals surface area contributed by atoms with Crippen LogP contribution in [0.4, 0.5) is 5.82 Å². The van der Waals surface area contributed by atoms with Crippen LogP contribution in [0, 0.1) is 0 Å². The zero-order valence-corrected chi connectivity index (χ0v) is 17.1. The molecular weight excluding hydrogens is 384 g/mol. The molecule has 0 saturated heterocycles. The number of fused-ring (bicyclic) bond motifs is 2. The molecule has 2 aromatic heterocycles. The predicted molar refractivity (Wildman–Crippen MR) is 125 cm³/mol. The van der Waals surface area contributed by atoms with Gasteiger partial charge < -0.3 is 11.1 Å². The van der Waals surface area contributed by atoms with Gasteiger partial charge in [-0.1, -0.05) is 66.7 Å². The molecule has 4 N–H and O–H groups in total. The molecule has 0 spiro atoms. The molecule has 31 heavy (non-hydrogen) atoms. The van der Waals surface area contributed by atoms with Gasteiger partial charge in [-0.2, -0.15) is 10.3 Å². The second kappa shape index (κ2) is 8.53. The quantitative estimate of drug-likeness (QED) is 0.347. The Kier molecular flexibility index (Phi) is 5.29. The van der Waals surface area contributed by atoms with Gasteiger partial charge in [0, 0.05) is 12.5 Å². The van der Waals surface area contributed by atoms with Gasteiger partial charge in [-0.15, -0.1) is 5.10 Å². The SMILES string of the molecule is Nc1cc(C(CCNCc2ccc3ccccc3c2)c2ccccc2)c2n[nH]nc2n1. The normalized spacial score (nSPS) is 12.4. The number of nitrogens with two attached hydrogens (primary N) is 1. The fourth-order valence-electron chi connectivity index (χ4n) is 4.16. The Morgan fingerprint density at radius 3 is 2.55 bits per heavy atom. The lowest BCUT2D eigenvalue weighted by atomic mass is 9.88. The summed E-state index contributed by atoms with van der Waals surface area (Å²) in [6.07, 6.45) is 0.906. The van der Waals surface area contributed by atoms with Gasteiger partial charge in [0.15, 0.2) is 0 Å². The van der Waals surface area contributed by atoms with E-state index in [1.165, 1.54) is 21.9 Å². The number of anilines is 1. The Bertz CT molecular complexity index is 1310. The molecule has 1 atom stereocenters. The largest absolute Gasteiger partial charge is 0.384 e. The number of aromatic amines is 1. The number of hydrogen-bond acceptors (Lipinski definition) is 5. The van der Waals surface area contributed by atoms with E-state index in [1.54, 1.807) is 0 Å². The van der Waals surface area contributed by atoms with Crippen molar-refractivity contribution in [3.05, 3.63) is 95.6 Å². The summed E-state index contributed by atoms with van der Waals surface area (Å²) in [5.74, 6) is 0.602. The average Bonchev–Trinajstić information content (AvgIpc) is 3.28. The Morgan fingerprint density at radius 2 is 1.68 bits per heavy atom. The van der Waals surface area contributed by atoms with Crippen LogP contribution in [0.5, 0.6) is 0 Å². The van der Waals surface area contributed by atoms with Crippen molar-refractivity contribution >= 4 is 27.8 Å². The van der Waals surface area contributed by atoms with Gasteiger partial charge in [0.25, 0.3) is 0 Å². The number of hydrogen-bond donors (Lipinski definition) is 3. The Hall–Kier alpha value is -3.77. The highest BCUT2D eigenvalue weighted by molar-refractivity contribution is 5.83. The molecule has 0 radical (unpaired) electrons. The van der Waals surface area contributed by atoms with E-state index in [2.05, 4.69) is 92.4 Å². The fraction of sp³-hybridized carbons (Fsp3) is 0.160. The lowest BCUT2D eigenvalue weighted by molar-refractivity contribution is 0.613. The zero-order chi connectivity index (χ0) is 21.0. The van der Waals surface area contributed by atoms with E-state index in [1.807, 2.05) is 12.1 Å². The van der Waals surface area contributed by atoms with Crippen molar-refractivity contribution in [2.45, 2.75) is 18.9 Å². The number of pyridine rings is 1. The first kappa shape index (κ1) is 19.2. The average molecular weight is 409 g/mol. The molecular formula is C25H24N6. The Labute approximate surface area is 180 Å². The van der Waals surface area contributed by atoms with Gasteiger partial charge in [0.2, 0.25) is 5.65 Å². The van der Waals surface area contributed by atoms with Crippen molar-refractivity contribution in [2.24, 2.45) is 0 Å². The number of aromatic nitrogens is 4. The molecule has 0 amide bonds. The third-order valence-corrected chi connectivity index (χ3v) is 5.67. The molecule has 2 heterocycles. The standard InChI is InChI=1S/C25H24N6/c26-23-15-22(24-25(28-23)30-31-29-24)21(19-7-2-1-3-8-19)12-13-27-16-17-10-11-18-6-4-5-9-20(18)14-17/h1-11,14-15,21,27H,12-13,16H2,(H3,26,28,29,30,31). The molecule has 0 saturated carbocycles. The summed E-state index contributed by atoms with van der Waals surface area (Å²) in [7, 11) is 0. The van der Waals surface area contributed by atoms with Crippen molar-refractivity contribution in [2.75, 3.05) is 12.3 Å². The second-order valence-electron chi connectivity index (χ2n) is 7.74. The highest BCUT2D eigenvalue weighted by Gasteiger charge is 2.20. The van der Waals surface area contributed by atoms with E-state index in [4.69, 9.17) is 5.73 Å². The minimum atomic E-state index is 0.142. The lowest BCUT2D eigenvalue weighted by Crippen LogP contribution is -2.18. The minimum absolute atomic E-state index is 0.142. The molecule has 6 heteroatoms. The van der Waals surface area contributed by atoms with Crippen molar-refractivity contribution in [3.8, 4) is 0 Å². The van der Waals surface area contributed by atoms with Crippen LogP contribution >= 0.6 is 0 Å². The molecule has 0 fully saturated rings. The van der Waals surface area contributed by atoms with Gasteiger partial charge in [0.1, 0.15) is 11.3 Å². The van der Waals surface area contributed by atoms with Crippen LogP contribution in [-0.4, -0.2) is 26.9 Å². The van der Waals surface area contributed by atoms with Gasteiger partial charge >= 0.3 is 0 Å². The maximum atomic E-state index is 6.07. The van der Waals surface area contributed by atoms with Gasteiger partial charge in [0.05, 0.1) is 0 Å². The van der Waals surface area contributed by atoms with E-state index in [0.717, 1.165) is 30.6 Å². The number of benzene rings is 3. The van der Waals surface area contributed by atoms with Crippen LogP contribution in [0.25, 0.3) is 21.9 Å². The van der Waals surface area contributed by atoms with Gasteiger partial charge in [-0.25, -0.2) is 4.98 Å². The van der Waals surface area contributed by atoms with E-state index in [-0.39, 0.29) is 5.92 Å². The zero-order valence-electron chi connectivity index (χ0n) is 17.1. The van der Waals surface area contributed by atoms with Crippen LogP contribution in [0.1, 0.15) is 29.0 Å². The van der Waals surface area contributed by atoms with Crippen LogP contribution in [0.15, 0.2) is 78.9 Å². The summed E-state index contributed by atoms with van der Waals surface area (Å²) in [4.78, 5) is 4.29.